The van der Waals surface area contributed by atoms with Gasteiger partial charge in [0.25, 0.3) is 0 Å². The van der Waals surface area contributed by atoms with Gasteiger partial charge in [-0.05, 0) is 18.4 Å². The Labute approximate surface area is 218 Å². The Morgan fingerprint density at radius 1 is 1.16 bits per heavy atom. The molecule has 2 saturated heterocycles. The minimum Gasteiger partial charge on any atom is -0.512 e. The van der Waals surface area contributed by atoms with Crippen LogP contribution in [0.15, 0.2) is 47.2 Å². The highest BCUT2D eigenvalue weighted by Gasteiger charge is 2.40. The van der Waals surface area contributed by atoms with E-state index < -0.39 is 5.91 Å². The van der Waals surface area contributed by atoms with Gasteiger partial charge in [-0.3, -0.25) is 9.59 Å². The molecule has 0 bridgehead atoms. The first-order chi connectivity index (χ1) is 17.7. The van der Waals surface area contributed by atoms with Crippen molar-refractivity contribution in [2.45, 2.75) is 31.2 Å². The number of hydrogen-bond acceptors (Lipinski definition) is 8. The van der Waals surface area contributed by atoms with Crippen molar-refractivity contribution >= 4 is 46.7 Å². The number of aliphatic hydroxyl groups excluding tert-OH is 1. The van der Waals surface area contributed by atoms with E-state index in [4.69, 9.17) is 28.5 Å². The van der Waals surface area contributed by atoms with Crippen molar-refractivity contribution in [1.29, 1.82) is 5.41 Å². The summed E-state index contributed by atoms with van der Waals surface area (Å²) < 4.78 is 0. The van der Waals surface area contributed by atoms with Gasteiger partial charge in [0.05, 0.1) is 17.0 Å². The van der Waals surface area contributed by atoms with Crippen LogP contribution < -0.4 is 22.1 Å². The van der Waals surface area contributed by atoms with Crippen molar-refractivity contribution in [1.82, 2.24) is 25.5 Å². The second kappa shape index (κ2) is 10.8. The van der Waals surface area contributed by atoms with Crippen LogP contribution in [0, 0.1) is 5.41 Å². The molecule has 2 aliphatic rings. The number of aliphatic hydroxyl groups is 1. The summed E-state index contributed by atoms with van der Waals surface area (Å²) in [5.74, 6) is -0.720. The number of guanidine groups is 1. The van der Waals surface area contributed by atoms with E-state index in [0.29, 0.717) is 38.0 Å². The number of amides is 2. The molecular formula is C24H28ClN9O3. The SMILES string of the molecule is N=C(/C=C(\O)CCC(=O)N1CCC2(CC1)CN/C(=N\C(=O)c1nc(Cl)c(N)nc1N)N2)c1ccccc1. The quantitative estimate of drug-likeness (QED) is 0.240. The standard InChI is InChI=1S/C24H28ClN9O3/c25-19-21(28)31-20(27)18(30-19)22(37)32-23-29-13-24(33-23)8-10-34(11-9-24)17(36)7-6-15(35)12-16(26)14-4-2-1-3-5-14/h1-5,12,26,35H,6-11,13H2,(H4,27,28,31)(H2,29,32,33,37)/b15-12-,26-16?. The molecule has 2 aliphatic heterocycles. The molecule has 12 nitrogen and oxygen atoms in total. The molecule has 1 spiro atoms. The number of rotatable bonds is 6. The summed E-state index contributed by atoms with van der Waals surface area (Å²) in [7, 11) is 0. The predicted octanol–water partition coefficient (Wildman–Crippen LogP) is 1.63. The highest BCUT2D eigenvalue weighted by molar-refractivity contribution is 6.31. The number of nitrogen functional groups attached to an aromatic ring is 2. The minimum atomic E-state index is -0.709. The van der Waals surface area contributed by atoms with Gasteiger partial charge in [0.15, 0.2) is 28.4 Å². The molecule has 2 aromatic rings. The largest absolute Gasteiger partial charge is 0.512 e. The first-order valence-electron chi connectivity index (χ1n) is 11.7. The molecule has 13 heteroatoms. The number of nitrogens with zero attached hydrogens (tertiary/aromatic N) is 4. The first-order valence-corrected chi connectivity index (χ1v) is 12.1. The molecule has 0 radical (unpaired) electrons. The molecule has 2 fully saturated rings. The Morgan fingerprint density at radius 2 is 1.86 bits per heavy atom. The molecule has 2 amide bonds. The first kappa shape index (κ1) is 25.9. The number of benzene rings is 1. The Kier molecular flexibility index (Phi) is 7.58. The lowest BCUT2D eigenvalue weighted by Gasteiger charge is -2.38. The van der Waals surface area contributed by atoms with Crippen molar-refractivity contribution in [3.05, 3.63) is 58.6 Å². The van der Waals surface area contributed by atoms with Crippen LogP contribution >= 0.6 is 11.6 Å². The normalized spacial score (nSPS) is 17.9. The Morgan fingerprint density at radius 3 is 2.57 bits per heavy atom. The lowest BCUT2D eigenvalue weighted by molar-refractivity contribution is -0.132. The maximum Gasteiger partial charge on any atom is 0.302 e. The molecule has 37 heavy (non-hydrogen) atoms. The van der Waals surface area contributed by atoms with Gasteiger partial charge < -0.3 is 37.5 Å². The van der Waals surface area contributed by atoms with Crippen molar-refractivity contribution in [3.63, 3.8) is 0 Å². The number of carbonyl (C=O) groups is 2. The maximum atomic E-state index is 12.7. The number of nitrogens with two attached hydrogens (primary N) is 2. The van der Waals surface area contributed by atoms with E-state index in [2.05, 4.69) is 25.6 Å². The molecule has 0 atom stereocenters. The lowest BCUT2D eigenvalue weighted by atomic mass is 9.88. The Bertz CT molecular complexity index is 1270. The third-order valence-electron chi connectivity index (χ3n) is 6.36. The van der Waals surface area contributed by atoms with Gasteiger partial charge >= 0.3 is 5.91 Å². The number of likely N-dealkylation sites (tertiary alicyclic amines) is 1. The summed E-state index contributed by atoms with van der Waals surface area (Å²) >= 11 is 5.84. The monoisotopic (exact) mass is 525 g/mol. The number of carbonyl (C=O) groups excluding carboxylic acids is 2. The van der Waals surface area contributed by atoms with Crippen molar-refractivity contribution in [3.8, 4) is 0 Å². The number of nitrogens with one attached hydrogen (secondary N) is 3. The zero-order chi connectivity index (χ0) is 26.6. The molecule has 0 unspecified atom stereocenters. The topological polar surface area (TPSA) is 196 Å². The van der Waals surface area contributed by atoms with Gasteiger partial charge in [-0.25, -0.2) is 9.97 Å². The van der Waals surface area contributed by atoms with E-state index in [-0.39, 0.29) is 64.2 Å². The number of aromatic nitrogens is 2. The fourth-order valence-electron chi connectivity index (χ4n) is 4.23. The molecule has 8 N–H and O–H groups in total. The second-order valence-electron chi connectivity index (χ2n) is 8.95. The number of piperidine rings is 1. The molecule has 194 valence electrons. The molecule has 3 heterocycles. The third kappa shape index (κ3) is 6.15. The predicted molar refractivity (Wildman–Crippen MR) is 141 cm³/mol. The Hall–Kier alpha value is -4.19. The number of anilines is 2. The zero-order valence-corrected chi connectivity index (χ0v) is 20.8. The van der Waals surface area contributed by atoms with Gasteiger partial charge in [-0.15, -0.1) is 0 Å². The maximum absolute atomic E-state index is 12.7. The zero-order valence-electron chi connectivity index (χ0n) is 20.0. The molecule has 4 rings (SSSR count). The van der Waals surface area contributed by atoms with Crippen molar-refractivity contribution < 1.29 is 14.7 Å². The summed E-state index contributed by atoms with van der Waals surface area (Å²) in [6.07, 6.45) is 2.98. The fourth-order valence-corrected chi connectivity index (χ4v) is 4.36. The van der Waals surface area contributed by atoms with Crippen LogP contribution in [0.2, 0.25) is 5.15 Å². The van der Waals surface area contributed by atoms with Crippen LogP contribution in [0.4, 0.5) is 11.6 Å². The van der Waals surface area contributed by atoms with Crippen LogP contribution in [0.3, 0.4) is 0 Å². The van der Waals surface area contributed by atoms with Gasteiger partial charge in [0, 0.05) is 38.6 Å². The summed E-state index contributed by atoms with van der Waals surface area (Å²) in [5.41, 5.74) is 11.6. The van der Waals surface area contributed by atoms with E-state index >= 15 is 0 Å². The average molecular weight is 526 g/mol. The van der Waals surface area contributed by atoms with Crippen molar-refractivity contribution in [2.24, 2.45) is 4.99 Å². The minimum absolute atomic E-state index is 0.00409. The highest BCUT2D eigenvalue weighted by atomic mass is 35.5. The molecule has 0 saturated carbocycles. The molecule has 0 aliphatic carbocycles. The Balaban J connectivity index is 1.27. The fraction of sp³-hybridized carbons (Fsp3) is 0.333. The van der Waals surface area contributed by atoms with Crippen LogP contribution in [-0.4, -0.2) is 68.6 Å². The van der Waals surface area contributed by atoms with Crippen LogP contribution in [0.25, 0.3) is 0 Å². The van der Waals surface area contributed by atoms with Crippen LogP contribution in [0.5, 0.6) is 0 Å². The number of hydrogen-bond donors (Lipinski definition) is 6. The smallest absolute Gasteiger partial charge is 0.302 e. The molecular weight excluding hydrogens is 498 g/mol. The van der Waals surface area contributed by atoms with E-state index in [1.807, 2.05) is 18.2 Å². The van der Waals surface area contributed by atoms with Crippen LogP contribution in [-0.2, 0) is 4.79 Å². The van der Waals surface area contributed by atoms with Crippen LogP contribution in [0.1, 0.15) is 41.7 Å². The van der Waals surface area contributed by atoms with E-state index in [0.717, 1.165) is 0 Å². The van der Waals surface area contributed by atoms with Gasteiger partial charge in [-0.2, -0.15) is 4.99 Å². The summed E-state index contributed by atoms with van der Waals surface area (Å²) in [6, 6.07) is 9.08. The van der Waals surface area contributed by atoms with Crippen molar-refractivity contribution in [2.75, 3.05) is 31.1 Å². The number of allylic oxidation sites excluding steroid dienone is 2. The van der Waals surface area contributed by atoms with Gasteiger partial charge in [0.2, 0.25) is 5.91 Å². The van der Waals surface area contributed by atoms with E-state index in [9.17, 15) is 14.7 Å². The average Bonchev–Trinajstić information content (AvgIpc) is 3.27. The summed E-state index contributed by atoms with van der Waals surface area (Å²) in [4.78, 5) is 38.7. The van der Waals surface area contributed by atoms with Gasteiger partial charge in [0.1, 0.15) is 0 Å². The number of halogens is 1. The van der Waals surface area contributed by atoms with E-state index in [1.165, 1.54) is 6.08 Å². The highest BCUT2D eigenvalue weighted by Crippen LogP contribution is 2.25. The van der Waals surface area contributed by atoms with E-state index in [1.54, 1.807) is 17.0 Å². The summed E-state index contributed by atoms with van der Waals surface area (Å²) in [6.45, 7) is 1.58. The van der Waals surface area contributed by atoms with Gasteiger partial charge in [-0.1, -0.05) is 41.9 Å². The molecule has 1 aromatic heterocycles. The lowest BCUT2D eigenvalue weighted by Crippen LogP contribution is -2.53. The third-order valence-corrected chi connectivity index (χ3v) is 6.64. The second-order valence-corrected chi connectivity index (χ2v) is 9.31. The summed E-state index contributed by atoms with van der Waals surface area (Å²) in [5, 5.41) is 24.5. The number of aliphatic imine (C=N–C) groups is 1. The molecule has 1 aromatic carbocycles.